The van der Waals surface area contributed by atoms with Gasteiger partial charge in [-0.3, -0.25) is 0 Å². The van der Waals surface area contributed by atoms with Gasteiger partial charge in [0.05, 0.1) is 0 Å². The first-order chi connectivity index (χ1) is 8.56. The van der Waals surface area contributed by atoms with Crippen molar-refractivity contribution in [1.29, 1.82) is 5.26 Å². The van der Waals surface area contributed by atoms with Gasteiger partial charge >= 0.3 is 5.97 Å². The fourth-order valence-corrected chi connectivity index (χ4v) is 1.24. The summed E-state index contributed by atoms with van der Waals surface area (Å²) in [5.41, 5.74) is 0.409. The quantitative estimate of drug-likeness (QED) is 0.814. The van der Waals surface area contributed by atoms with Crippen LogP contribution in [0.15, 0.2) is 24.3 Å². The Labute approximate surface area is 104 Å². The first-order valence-electron chi connectivity index (χ1n) is 5.33. The zero-order valence-electron chi connectivity index (χ0n) is 9.76. The van der Waals surface area contributed by atoms with E-state index in [2.05, 4.69) is 0 Å². The Hall–Kier alpha value is -2.35. The van der Waals surface area contributed by atoms with Crippen LogP contribution in [0.3, 0.4) is 0 Å². The zero-order chi connectivity index (χ0) is 13.5. The summed E-state index contributed by atoms with van der Waals surface area (Å²) in [4.78, 5) is 10.3. The molecule has 18 heavy (non-hydrogen) atoms. The SMILES string of the molecule is CCC(C#N)Oc1ccc(/C=C/C(=O)O)cc1F. The smallest absolute Gasteiger partial charge is 0.328 e. The summed E-state index contributed by atoms with van der Waals surface area (Å²) in [5.74, 6) is -1.75. The third-order valence-corrected chi connectivity index (χ3v) is 2.16. The lowest BCUT2D eigenvalue weighted by atomic mass is 10.2. The molecule has 1 unspecified atom stereocenters. The zero-order valence-corrected chi connectivity index (χ0v) is 9.76. The van der Waals surface area contributed by atoms with Gasteiger partial charge in [0.15, 0.2) is 17.7 Å². The van der Waals surface area contributed by atoms with Crippen LogP contribution < -0.4 is 4.74 Å². The summed E-state index contributed by atoms with van der Waals surface area (Å²) in [6.07, 6.45) is 1.95. The second-order valence-corrected chi connectivity index (χ2v) is 3.51. The van der Waals surface area contributed by atoms with E-state index in [0.717, 1.165) is 12.1 Å². The first-order valence-corrected chi connectivity index (χ1v) is 5.33. The molecular weight excluding hydrogens is 237 g/mol. The molecule has 5 heteroatoms. The van der Waals surface area contributed by atoms with Crippen LogP contribution in [0.4, 0.5) is 4.39 Å². The molecule has 0 fully saturated rings. The van der Waals surface area contributed by atoms with Crippen LogP contribution in [0.25, 0.3) is 6.08 Å². The number of hydrogen-bond acceptors (Lipinski definition) is 3. The third-order valence-electron chi connectivity index (χ3n) is 2.16. The minimum absolute atomic E-state index is 0.0177. The van der Waals surface area contributed by atoms with Crippen molar-refractivity contribution >= 4 is 12.0 Å². The molecule has 1 atom stereocenters. The van der Waals surface area contributed by atoms with E-state index in [0.29, 0.717) is 12.0 Å². The van der Waals surface area contributed by atoms with Crippen molar-refractivity contribution in [2.75, 3.05) is 0 Å². The molecule has 0 saturated heterocycles. The van der Waals surface area contributed by atoms with Crippen molar-refractivity contribution in [2.45, 2.75) is 19.4 Å². The molecule has 0 aliphatic rings. The molecule has 4 nitrogen and oxygen atoms in total. The predicted octanol–water partition coefficient (Wildman–Crippen LogP) is 2.60. The summed E-state index contributed by atoms with van der Waals surface area (Å²) in [6, 6.07) is 5.94. The fourth-order valence-electron chi connectivity index (χ4n) is 1.24. The minimum atomic E-state index is -1.11. The van der Waals surface area contributed by atoms with Crippen molar-refractivity contribution in [3.05, 3.63) is 35.7 Å². The van der Waals surface area contributed by atoms with E-state index in [9.17, 15) is 9.18 Å². The summed E-state index contributed by atoms with van der Waals surface area (Å²) in [6.45, 7) is 1.76. The van der Waals surface area contributed by atoms with Crippen molar-refractivity contribution in [3.8, 4) is 11.8 Å². The summed E-state index contributed by atoms with van der Waals surface area (Å²) in [5, 5.41) is 17.1. The van der Waals surface area contributed by atoms with Gasteiger partial charge in [0.2, 0.25) is 0 Å². The molecule has 1 aromatic carbocycles. The lowest BCUT2D eigenvalue weighted by molar-refractivity contribution is -0.131. The minimum Gasteiger partial charge on any atom is -0.478 e. The van der Waals surface area contributed by atoms with E-state index >= 15 is 0 Å². The Morgan fingerprint density at radius 3 is 2.89 bits per heavy atom. The van der Waals surface area contributed by atoms with E-state index in [1.54, 1.807) is 6.92 Å². The van der Waals surface area contributed by atoms with E-state index < -0.39 is 17.9 Å². The molecule has 0 amide bonds. The Morgan fingerprint density at radius 2 is 2.39 bits per heavy atom. The summed E-state index contributed by atoms with van der Waals surface area (Å²) < 4.78 is 18.7. The molecule has 0 radical (unpaired) electrons. The van der Waals surface area contributed by atoms with Crippen molar-refractivity contribution in [2.24, 2.45) is 0 Å². The van der Waals surface area contributed by atoms with Gasteiger partial charge in [-0.25, -0.2) is 9.18 Å². The molecule has 1 N–H and O–H groups in total. The summed E-state index contributed by atoms with van der Waals surface area (Å²) >= 11 is 0. The number of nitrogens with zero attached hydrogens (tertiary/aromatic N) is 1. The van der Waals surface area contributed by atoms with Gasteiger partial charge in [0.1, 0.15) is 6.07 Å². The number of nitriles is 1. The molecule has 0 aromatic heterocycles. The van der Waals surface area contributed by atoms with Crippen molar-refractivity contribution in [3.63, 3.8) is 0 Å². The van der Waals surface area contributed by atoms with Crippen LogP contribution in [0.1, 0.15) is 18.9 Å². The lowest BCUT2D eigenvalue weighted by Crippen LogP contribution is -2.13. The number of halogens is 1. The molecule has 1 aromatic rings. The predicted molar refractivity (Wildman–Crippen MR) is 63.4 cm³/mol. The van der Waals surface area contributed by atoms with Crippen molar-refractivity contribution in [1.82, 2.24) is 0 Å². The normalized spacial score (nSPS) is 12.1. The fraction of sp³-hybridized carbons (Fsp3) is 0.231. The van der Waals surface area contributed by atoms with Crippen LogP contribution in [-0.4, -0.2) is 17.2 Å². The maximum absolute atomic E-state index is 13.6. The van der Waals surface area contributed by atoms with Crippen LogP contribution in [0, 0.1) is 17.1 Å². The number of carboxylic acids is 1. The number of benzene rings is 1. The monoisotopic (exact) mass is 249 g/mol. The number of carbonyl (C=O) groups is 1. The van der Waals surface area contributed by atoms with Crippen LogP contribution in [0.5, 0.6) is 5.75 Å². The molecule has 0 bridgehead atoms. The van der Waals surface area contributed by atoms with Gasteiger partial charge in [-0.2, -0.15) is 5.26 Å². The number of rotatable bonds is 5. The highest BCUT2D eigenvalue weighted by atomic mass is 19.1. The summed E-state index contributed by atoms with van der Waals surface area (Å²) in [7, 11) is 0. The van der Waals surface area contributed by atoms with Gasteiger partial charge in [-0.05, 0) is 30.2 Å². The van der Waals surface area contributed by atoms with E-state index in [4.69, 9.17) is 15.1 Å². The Morgan fingerprint density at radius 1 is 1.67 bits per heavy atom. The average Bonchev–Trinajstić information content (AvgIpc) is 2.35. The molecule has 0 saturated carbocycles. The van der Waals surface area contributed by atoms with E-state index in [-0.39, 0.29) is 5.75 Å². The number of hydrogen-bond donors (Lipinski definition) is 1. The Bertz CT molecular complexity index is 505. The molecule has 1 rings (SSSR count). The maximum atomic E-state index is 13.6. The van der Waals surface area contributed by atoms with E-state index in [1.807, 2.05) is 6.07 Å². The van der Waals surface area contributed by atoms with Crippen LogP contribution in [-0.2, 0) is 4.79 Å². The Kier molecular flexibility index (Phi) is 4.88. The van der Waals surface area contributed by atoms with Crippen molar-refractivity contribution < 1.29 is 19.0 Å². The number of aliphatic carboxylic acids is 1. The highest BCUT2D eigenvalue weighted by molar-refractivity contribution is 5.85. The average molecular weight is 249 g/mol. The molecule has 0 heterocycles. The maximum Gasteiger partial charge on any atom is 0.328 e. The van der Waals surface area contributed by atoms with E-state index in [1.165, 1.54) is 18.2 Å². The van der Waals surface area contributed by atoms with Gasteiger partial charge in [0.25, 0.3) is 0 Å². The topological polar surface area (TPSA) is 70.3 Å². The standard InChI is InChI=1S/C13H12FNO3/c1-2-10(8-15)18-12-5-3-9(7-11(12)14)4-6-13(16)17/h3-7,10H,2H2,1H3,(H,16,17)/b6-4+. The Balaban J connectivity index is 2.86. The second-order valence-electron chi connectivity index (χ2n) is 3.51. The highest BCUT2D eigenvalue weighted by Crippen LogP contribution is 2.20. The van der Waals surface area contributed by atoms with Gasteiger partial charge in [-0.1, -0.05) is 13.0 Å². The molecule has 94 valence electrons. The van der Waals surface area contributed by atoms with Crippen LogP contribution in [0.2, 0.25) is 0 Å². The molecule has 0 spiro atoms. The van der Waals surface area contributed by atoms with Gasteiger partial charge in [-0.15, -0.1) is 0 Å². The number of ether oxygens (including phenoxy) is 1. The first kappa shape index (κ1) is 13.7. The number of carboxylic acid groups (broad SMARTS) is 1. The third kappa shape index (κ3) is 3.91. The largest absolute Gasteiger partial charge is 0.478 e. The highest BCUT2D eigenvalue weighted by Gasteiger charge is 2.10. The van der Waals surface area contributed by atoms with Crippen LogP contribution >= 0.6 is 0 Å². The second kappa shape index (κ2) is 6.40. The molecule has 0 aliphatic heterocycles. The van der Waals surface area contributed by atoms with Gasteiger partial charge in [0, 0.05) is 6.08 Å². The molecular formula is C13H12FNO3. The van der Waals surface area contributed by atoms with Gasteiger partial charge < -0.3 is 9.84 Å². The lowest BCUT2D eigenvalue weighted by Gasteiger charge is -2.11. The molecule has 0 aliphatic carbocycles.